The fourth-order valence-corrected chi connectivity index (χ4v) is 6.62. The molecule has 0 aliphatic carbocycles. The van der Waals surface area contributed by atoms with E-state index in [-0.39, 0.29) is 22.5 Å². The minimum atomic E-state index is -3.57. The van der Waals surface area contributed by atoms with Gasteiger partial charge in [-0.05, 0) is 87.7 Å². The molecule has 0 atom stereocenters. The number of nitrogens with zero attached hydrogens (tertiary/aromatic N) is 4. The van der Waals surface area contributed by atoms with Gasteiger partial charge in [-0.1, -0.05) is 11.2 Å². The minimum absolute atomic E-state index is 0.107. The minimum Gasteiger partial charge on any atom is -0.338 e. The van der Waals surface area contributed by atoms with Crippen molar-refractivity contribution in [2.45, 2.75) is 44.0 Å². The van der Waals surface area contributed by atoms with E-state index in [2.05, 4.69) is 20.4 Å². The third-order valence-corrected chi connectivity index (χ3v) is 9.07. The van der Waals surface area contributed by atoms with Crippen LogP contribution in [0, 0.1) is 18.7 Å². The first-order valence-electron chi connectivity index (χ1n) is 12.5. The fourth-order valence-electron chi connectivity index (χ4n) is 4.85. The Morgan fingerprint density at radius 2 is 1.78 bits per heavy atom. The molecular formula is C26H30FN5O4S. The predicted octanol–water partition coefficient (Wildman–Crippen LogP) is 3.82. The molecule has 3 heterocycles. The van der Waals surface area contributed by atoms with Crippen molar-refractivity contribution >= 4 is 21.6 Å². The maximum absolute atomic E-state index is 13.1. The van der Waals surface area contributed by atoms with Gasteiger partial charge in [0.05, 0.1) is 11.4 Å². The molecule has 11 heteroatoms. The van der Waals surface area contributed by atoms with Gasteiger partial charge in [0.2, 0.25) is 27.6 Å². The molecule has 2 fully saturated rings. The van der Waals surface area contributed by atoms with E-state index in [1.165, 1.54) is 16.4 Å². The number of rotatable bonds is 7. The molecule has 1 aromatic heterocycles. The van der Waals surface area contributed by atoms with Crippen molar-refractivity contribution in [3.05, 3.63) is 59.7 Å². The second kappa shape index (κ2) is 10.7. The summed E-state index contributed by atoms with van der Waals surface area (Å²) in [7, 11) is -3.57. The second-order valence-electron chi connectivity index (χ2n) is 9.65. The van der Waals surface area contributed by atoms with Crippen molar-refractivity contribution in [1.29, 1.82) is 0 Å². The summed E-state index contributed by atoms with van der Waals surface area (Å²) >= 11 is 0. The number of sulfonamides is 1. The smallest absolute Gasteiger partial charge is 0.243 e. The van der Waals surface area contributed by atoms with Crippen LogP contribution in [0.1, 0.15) is 37.1 Å². The zero-order valence-corrected chi connectivity index (χ0v) is 21.5. The number of benzene rings is 2. The van der Waals surface area contributed by atoms with Crippen LogP contribution in [0.2, 0.25) is 0 Å². The Bertz CT molecular complexity index is 1360. The Kier molecular flexibility index (Phi) is 7.36. The van der Waals surface area contributed by atoms with Crippen molar-refractivity contribution in [2.75, 3.05) is 31.5 Å². The lowest BCUT2D eigenvalue weighted by Crippen LogP contribution is -2.37. The normalized spacial score (nSPS) is 17.8. The summed E-state index contributed by atoms with van der Waals surface area (Å²) < 4.78 is 46.1. The van der Waals surface area contributed by atoms with Crippen molar-refractivity contribution in [1.82, 2.24) is 19.3 Å². The summed E-state index contributed by atoms with van der Waals surface area (Å²) in [5.74, 6) is 0.273. The Labute approximate surface area is 215 Å². The van der Waals surface area contributed by atoms with Crippen LogP contribution < -0.4 is 5.32 Å². The molecule has 2 aromatic carbocycles. The van der Waals surface area contributed by atoms with Crippen molar-refractivity contribution in [2.24, 2.45) is 5.92 Å². The zero-order chi connectivity index (χ0) is 26.0. The van der Waals surface area contributed by atoms with Gasteiger partial charge in [-0.15, -0.1) is 0 Å². The van der Waals surface area contributed by atoms with Gasteiger partial charge in [0, 0.05) is 30.3 Å². The van der Waals surface area contributed by atoms with E-state index in [4.69, 9.17) is 4.52 Å². The number of aromatic nitrogens is 2. The number of halogens is 1. The van der Waals surface area contributed by atoms with Crippen LogP contribution in [0.25, 0.3) is 11.4 Å². The average Bonchev–Trinajstić information content (AvgIpc) is 3.59. The van der Waals surface area contributed by atoms with Gasteiger partial charge >= 0.3 is 0 Å². The molecule has 2 saturated heterocycles. The molecule has 3 aromatic rings. The van der Waals surface area contributed by atoms with E-state index >= 15 is 0 Å². The highest BCUT2D eigenvalue weighted by atomic mass is 32.2. The number of likely N-dealkylation sites (tertiary alicyclic amines) is 1. The lowest BCUT2D eigenvalue weighted by atomic mass is 9.96. The van der Waals surface area contributed by atoms with Gasteiger partial charge in [-0.3, -0.25) is 9.69 Å². The second-order valence-corrected chi connectivity index (χ2v) is 11.6. The molecule has 196 valence electrons. The summed E-state index contributed by atoms with van der Waals surface area (Å²) in [6, 6.07) is 11.0. The highest BCUT2D eigenvalue weighted by molar-refractivity contribution is 7.89. The van der Waals surface area contributed by atoms with Gasteiger partial charge in [0.1, 0.15) is 5.82 Å². The SMILES string of the molecule is Cc1ccc(NC(=O)C2CCN(Cc3nc(-c4ccc(F)cc4)no3)CC2)cc1S(=O)(=O)N1CCCC1. The number of carbonyl (C=O) groups excluding carboxylic acids is 1. The molecule has 1 N–H and O–H groups in total. The Morgan fingerprint density at radius 1 is 1.08 bits per heavy atom. The molecule has 37 heavy (non-hydrogen) atoms. The van der Waals surface area contributed by atoms with Crippen LogP contribution in [-0.4, -0.2) is 59.8 Å². The summed E-state index contributed by atoms with van der Waals surface area (Å²) in [5.41, 5.74) is 1.84. The van der Waals surface area contributed by atoms with Crippen molar-refractivity contribution in [3.8, 4) is 11.4 Å². The summed E-state index contributed by atoms with van der Waals surface area (Å²) in [6.07, 6.45) is 3.07. The summed E-state index contributed by atoms with van der Waals surface area (Å²) in [4.78, 5) is 19.8. The molecule has 0 spiro atoms. The molecule has 2 aliphatic heterocycles. The van der Waals surface area contributed by atoms with Crippen molar-refractivity contribution < 1.29 is 22.1 Å². The molecule has 9 nitrogen and oxygen atoms in total. The molecule has 0 radical (unpaired) electrons. The number of piperidine rings is 1. The van der Waals surface area contributed by atoms with E-state index in [1.54, 1.807) is 37.3 Å². The third-order valence-electron chi connectivity index (χ3n) is 7.03. The quantitative estimate of drug-likeness (QED) is 0.498. The third kappa shape index (κ3) is 5.73. The van der Waals surface area contributed by atoms with Gasteiger partial charge < -0.3 is 9.84 Å². The first-order valence-corrected chi connectivity index (χ1v) is 14.0. The number of anilines is 1. The lowest BCUT2D eigenvalue weighted by Gasteiger charge is -2.30. The first-order chi connectivity index (χ1) is 17.8. The Balaban J connectivity index is 1.16. The Hall–Kier alpha value is -3.15. The molecule has 0 saturated carbocycles. The number of hydrogen-bond acceptors (Lipinski definition) is 7. The monoisotopic (exact) mass is 527 g/mol. The van der Waals surface area contributed by atoms with E-state index in [0.717, 1.165) is 12.8 Å². The van der Waals surface area contributed by atoms with Crippen LogP contribution >= 0.6 is 0 Å². The van der Waals surface area contributed by atoms with Gasteiger partial charge in [0.25, 0.3) is 0 Å². The maximum atomic E-state index is 13.1. The van der Waals surface area contributed by atoms with Crippen molar-refractivity contribution in [3.63, 3.8) is 0 Å². The number of aryl methyl sites for hydroxylation is 1. The van der Waals surface area contributed by atoms with Crippen LogP contribution in [-0.2, 0) is 21.4 Å². The van der Waals surface area contributed by atoms with E-state index in [9.17, 15) is 17.6 Å². The van der Waals surface area contributed by atoms with Crippen LogP contribution in [0.3, 0.4) is 0 Å². The van der Waals surface area contributed by atoms with E-state index < -0.39 is 10.0 Å². The molecular weight excluding hydrogens is 497 g/mol. The number of hydrogen-bond donors (Lipinski definition) is 1. The summed E-state index contributed by atoms with van der Waals surface area (Å²) in [6.45, 7) is 4.69. The van der Waals surface area contributed by atoms with Gasteiger partial charge in [-0.25, -0.2) is 12.8 Å². The molecule has 1 amide bonds. The molecule has 5 rings (SSSR count). The van der Waals surface area contributed by atoms with Crippen LogP contribution in [0.15, 0.2) is 51.9 Å². The van der Waals surface area contributed by atoms with Gasteiger partial charge in [0.15, 0.2) is 0 Å². The fraction of sp³-hybridized carbons (Fsp3) is 0.423. The predicted molar refractivity (Wildman–Crippen MR) is 135 cm³/mol. The van der Waals surface area contributed by atoms with E-state index in [0.29, 0.717) is 74.1 Å². The summed E-state index contributed by atoms with van der Waals surface area (Å²) in [5, 5.41) is 6.91. The van der Waals surface area contributed by atoms with Crippen LogP contribution in [0.5, 0.6) is 0 Å². The average molecular weight is 528 g/mol. The zero-order valence-electron chi connectivity index (χ0n) is 20.7. The number of carbonyl (C=O) groups is 1. The molecule has 0 unspecified atom stereocenters. The first kappa shape index (κ1) is 25.5. The number of amides is 1. The number of nitrogens with one attached hydrogen (secondary N) is 1. The largest absolute Gasteiger partial charge is 0.338 e. The van der Waals surface area contributed by atoms with Gasteiger partial charge in [-0.2, -0.15) is 9.29 Å². The topological polar surface area (TPSA) is 109 Å². The molecule has 2 aliphatic rings. The standard InChI is InChI=1S/C26H30FN5O4S/c1-18-4-9-22(16-23(18)37(34,35)32-12-2-3-13-32)28-26(33)20-10-14-31(15-11-20)17-24-29-25(30-36-24)19-5-7-21(27)8-6-19/h4-9,16,20H,2-3,10-15,17H2,1H3,(H,28,33). The highest BCUT2D eigenvalue weighted by Gasteiger charge is 2.30. The lowest BCUT2D eigenvalue weighted by molar-refractivity contribution is -0.121. The van der Waals surface area contributed by atoms with Crippen LogP contribution in [0.4, 0.5) is 10.1 Å². The van der Waals surface area contributed by atoms with E-state index in [1.807, 2.05) is 0 Å². The molecule has 0 bridgehead atoms. The highest BCUT2D eigenvalue weighted by Crippen LogP contribution is 2.27. The Morgan fingerprint density at radius 3 is 2.49 bits per heavy atom. The maximum Gasteiger partial charge on any atom is 0.243 e.